The van der Waals surface area contributed by atoms with Gasteiger partial charge in [-0.05, 0) is 0 Å². The van der Waals surface area contributed by atoms with Crippen LogP contribution in [0.15, 0.2) is 0 Å². The number of carboxylic acids is 7. The van der Waals surface area contributed by atoms with E-state index in [-0.39, 0.29) is 113 Å². The quantitative estimate of drug-likeness (QED) is 0.149. The zero-order chi connectivity index (χ0) is 26.4. The molecule has 0 aliphatic carbocycles. The van der Waals surface area contributed by atoms with Crippen molar-refractivity contribution < 1.29 is 84.3 Å². The van der Waals surface area contributed by atoms with Crippen LogP contribution < -0.4 is 30.6 Å². The summed E-state index contributed by atoms with van der Waals surface area (Å²) in [5.41, 5.74) is -5.95. The fourth-order valence-corrected chi connectivity index (χ4v) is 1.37. The monoisotopic (exact) mass is 586 g/mol. The molecule has 0 radical (unpaired) electrons. The Labute approximate surface area is 285 Å². The molecule has 0 heterocycles. The van der Waals surface area contributed by atoms with Crippen LogP contribution in [0.5, 0.6) is 0 Å². The van der Waals surface area contributed by atoms with E-state index in [1.807, 2.05) is 0 Å². The minimum absolute atomic E-state index is 0. The van der Waals surface area contributed by atoms with Gasteiger partial charge < -0.3 is 74.7 Å². The maximum absolute atomic E-state index is 10.1. The molecule has 3 N–H and O–H groups in total. The molecule has 0 rings (SSSR count). The molecule has 0 aliphatic heterocycles. The summed E-state index contributed by atoms with van der Waals surface area (Å²) in [5.74, 6) is -14.2. The predicted molar refractivity (Wildman–Crippen MR) is 94.0 cm³/mol. The van der Waals surface area contributed by atoms with Crippen molar-refractivity contribution in [3.63, 3.8) is 0 Å². The number of ketones is 1. The Bertz CT molecular complexity index is 683. The van der Waals surface area contributed by atoms with Gasteiger partial charge in [0.2, 0.25) is 5.78 Å². The van der Waals surface area contributed by atoms with Gasteiger partial charge in [-0.1, -0.05) is 0 Å². The van der Waals surface area contributed by atoms with Crippen LogP contribution in [0, 0.1) is 0 Å². The minimum Gasteiger partial charge on any atom is -0.550 e. The van der Waals surface area contributed by atoms with Gasteiger partial charge in [0.15, 0.2) is 0 Å². The van der Waals surface area contributed by atoms with Crippen molar-refractivity contribution in [1.29, 1.82) is 0 Å². The van der Waals surface area contributed by atoms with Crippen molar-refractivity contribution in [2.24, 2.45) is 0 Å². The zero-order valence-electron chi connectivity index (χ0n) is 18.0. The first-order chi connectivity index (χ1) is 14.2. The summed E-state index contributed by atoms with van der Waals surface area (Å²) in [6, 6.07) is 0. The van der Waals surface area contributed by atoms with Gasteiger partial charge in [0.05, 0.1) is 11.9 Å². The van der Waals surface area contributed by atoms with E-state index >= 15 is 0 Å². The molecule has 0 saturated heterocycles. The van der Waals surface area contributed by atoms with E-state index in [4.69, 9.17) is 15.3 Å². The van der Waals surface area contributed by atoms with Crippen molar-refractivity contribution in [3.05, 3.63) is 0 Å². The van der Waals surface area contributed by atoms with Gasteiger partial charge in [-0.3, -0.25) is 4.79 Å². The Balaban J connectivity index is -0.0000000916. The molecule has 0 aromatic rings. The van der Waals surface area contributed by atoms with Crippen molar-refractivity contribution in [2.75, 3.05) is 0 Å². The van der Waals surface area contributed by atoms with Crippen LogP contribution in [-0.4, -0.2) is 187 Å². The average Bonchev–Trinajstić information content (AvgIpc) is 2.52. The van der Waals surface area contributed by atoms with Gasteiger partial charge in [-0.15, -0.1) is 0 Å². The number of aliphatic hydroxyl groups is 2. The number of carbonyl (C=O) groups is 8. The van der Waals surface area contributed by atoms with Crippen LogP contribution in [0.3, 0.4) is 0 Å². The van der Waals surface area contributed by atoms with E-state index < -0.39 is 84.5 Å². The summed E-state index contributed by atoms with van der Waals surface area (Å²) in [5, 5.41) is 85.5. The summed E-state index contributed by atoms with van der Waals surface area (Å²) < 4.78 is 0. The number of hydrogen-bond donors (Lipinski definition) is 3. The molecule has 0 bridgehead atoms. The first-order valence-corrected chi connectivity index (χ1v) is 7.61. The second-order valence-electron chi connectivity index (χ2n) is 5.69. The number of hydrogen-bond acceptors (Lipinski definition) is 16. The molecule has 0 aromatic carbocycles. The largest absolute Gasteiger partial charge is 2.00 e. The van der Waals surface area contributed by atoms with Crippen LogP contribution >= 0.6 is 0 Å². The summed E-state index contributed by atoms with van der Waals surface area (Å²) >= 11 is 0. The van der Waals surface area contributed by atoms with Crippen molar-refractivity contribution >= 4 is 161 Å². The van der Waals surface area contributed by atoms with E-state index in [1.54, 1.807) is 0 Å². The maximum atomic E-state index is 10.1. The summed E-state index contributed by atoms with van der Waals surface area (Å²) in [6.45, 7) is 1.00. The predicted octanol–water partition coefficient (Wildman–Crippen LogP) is -12.0. The van der Waals surface area contributed by atoms with Crippen LogP contribution in [0.25, 0.3) is 0 Å². The Hall–Kier alpha value is -0.341. The summed E-state index contributed by atoms with van der Waals surface area (Å²) in [4.78, 5) is 78.9. The van der Waals surface area contributed by atoms with Gasteiger partial charge in [-0.25, -0.2) is 4.79 Å². The fraction of sp³-hybridized carbons (Fsp3) is 0.467. The molecular weight excluding hydrogens is 572 g/mol. The molecule has 0 amide bonds. The average molecular weight is 586 g/mol. The summed E-state index contributed by atoms with van der Waals surface area (Å²) in [6.07, 6.45) is -5.43. The molecule has 0 fully saturated rings. The van der Waals surface area contributed by atoms with Gasteiger partial charge in [0, 0.05) is 56.5 Å². The van der Waals surface area contributed by atoms with Crippen LogP contribution in [-0.2, 0) is 38.4 Å². The topological polar surface area (TPSA) is 336 Å². The second-order valence-corrected chi connectivity index (χ2v) is 5.69. The fourth-order valence-electron chi connectivity index (χ4n) is 1.37. The van der Waals surface area contributed by atoms with E-state index in [1.165, 1.54) is 0 Å². The van der Waals surface area contributed by atoms with Crippen LogP contribution in [0.4, 0.5) is 0 Å². The molecule has 17 nitrogen and oxygen atoms in total. The molecule has 35 heavy (non-hydrogen) atoms. The molecule has 0 unspecified atom stereocenters. The van der Waals surface area contributed by atoms with Gasteiger partial charge >= 0.3 is 119 Å². The Kier molecular flexibility index (Phi) is 31.2. The molecule has 0 aromatic heterocycles. The zero-order valence-corrected chi connectivity index (χ0v) is 24.6. The van der Waals surface area contributed by atoms with E-state index in [9.17, 15) is 69.0 Å². The third-order valence-electron chi connectivity index (χ3n) is 2.81. The molecule has 0 aliphatic rings. The molecule has 0 spiro atoms. The SMILES string of the molecule is CC(=O)C(=O)O.O=C([O-])CC(O)(CC(=O)[O-])C(=O)[O-].O=C([O-])CC(O)(CC(=O)[O-])C(=O)[O-].[Ca+2].[Ca+2].[Ca+2]. The maximum Gasteiger partial charge on any atom is 2.00 e. The van der Waals surface area contributed by atoms with Crippen molar-refractivity contribution in [2.45, 2.75) is 43.8 Å². The normalized spacial score (nSPS) is 9.34. The third kappa shape index (κ3) is 26.5. The number of Topliss-reactive ketones (excluding diaryl/α,β-unsaturated/α-hetero) is 1. The first kappa shape index (κ1) is 47.8. The Morgan fingerprint density at radius 2 is 0.686 bits per heavy atom. The molecule has 0 atom stereocenters. The van der Waals surface area contributed by atoms with Crippen LogP contribution in [0.1, 0.15) is 32.6 Å². The number of carboxylic acid groups (broad SMARTS) is 7. The van der Waals surface area contributed by atoms with E-state index in [2.05, 4.69) is 0 Å². The van der Waals surface area contributed by atoms with Gasteiger partial charge in [0.25, 0.3) is 0 Å². The molecule has 182 valence electrons. The van der Waals surface area contributed by atoms with E-state index in [0.717, 1.165) is 6.92 Å². The molecule has 0 saturated carbocycles. The Morgan fingerprint density at radius 3 is 0.743 bits per heavy atom. The van der Waals surface area contributed by atoms with Gasteiger partial charge in [-0.2, -0.15) is 0 Å². The standard InChI is InChI=1S/2C6H8O7.C3H4O3.3Ca/c2*7-3(8)1-6(13,5(11)12)2-4(9)10;1-2(4)3(5)6;;;/h2*13H,1-2H2,(H,7,8)(H,9,10)(H,11,12);1H3,(H,5,6);;;/q;;;3*+2/p-6. The second kappa shape index (κ2) is 22.8. The van der Waals surface area contributed by atoms with E-state index in [0.29, 0.717) is 0 Å². The van der Waals surface area contributed by atoms with Gasteiger partial charge in [0.1, 0.15) is 11.2 Å². The molecule has 20 heteroatoms. The third-order valence-corrected chi connectivity index (χ3v) is 2.81. The number of aliphatic carboxylic acids is 7. The smallest absolute Gasteiger partial charge is 0.550 e. The Morgan fingerprint density at radius 1 is 0.543 bits per heavy atom. The van der Waals surface area contributed by atoms with Crippen molar-refractivity contribution in [1.82, 2.24) is 0 Å². The number of carbonyl (C=O) groups excluding carboxylic acids is 7. The van der Waals surface area contributed by atoms with Crippen molar-refractivity contribution in [3.8, 4) is 0 Å². The number of rotatable bonds is 11. The van der Waals surface area contributed by atoms with Crippen LogP contribution in [0.2, 0.25) is 0 Å². The summed E-state index contributed by atoms with van der Waals surface area (Å²) in [7, 11) is 0. The first-order valence-electron chi connectivity index (χ1n) is 7.61. The molecular formula is C15H14Ca3O17. The minimum atomic E-state index is -2.97.